The molecule has 0 radical (unpaired) electrons. The molecular weight excluding hydrogens is 279 g/mol. The van der Waals surface area contributed by atoms with Crippen molar-refractivity contribution in [2.75, 3.05) is 0 Å². The quantitative estimate of drug-likeness (QED) is 0.850. The average molecular weight is 288 g/mol. The van der Waals surface area contributed by atoms with Crippen LogP contribution in [0.5, 0.6) is 0 Å². The molecule has 0 saturated carbocycles. The molecule has 0 saturated heterocycles. The van der Waals surface area contributed by atoms with Crippen molar-refractivity contribution in [2.24, 2.45) is 0 Å². The molecule has 0 aliphatic carbocycles. The van der Waals surface area contributed by atoms with Gasteiger partial charge in [-0.25, -0.2) is 4.98 Å². The van der Waals surface area contributed by atoms with Crippen molar-refractivity contribution >= 4 is 11.6 Å². The van der Waals surface area contributed by atoms with Crippen LogP contribution in [0.25, 0.3) is 11.1 Å². The second kappa shape index (κ2) is 5.19. The van der Waals surface area contributed by atoms with E-state index in [9.17, 15) is 18.3 Å². The Hall–Kier alpha value is -1.59. The largest absolute Gasteiger partial charge is 0.416 e. The van der Waals surface area contributed by atoms with Gasteiger partial charge in [-0.15, -0.1) is 0 Å². The van der Waals surface area contributed by atoms with Gasteiger partial charge in [0.2, 0.25) is 0 Å². The van der Waals surface area contributed by atoms with E-state index in [1.165, 1.54) is 24.4 Å². The van der Waals surface area contributed by atoms with E-state index < -0.39 is 11.7 Å². The molecule has 2 rings (SSSR count). The number of alkyl halides is 3. The number of halogens is 4. The van der Waals surface area contributed by atoms with Gasteiger partial charge >= 0.3 is 6.18 Å². The SMILES string of the molecule is OCc1cc(Cl)ncc1-c1cccc(C(F)(F)F)c1. The molecule has 100 valence electrons. The zero-order valence-electron chi connectivity index (χ0n) is 9.58. The van der Waals surface area contributed by atoms with E-state index in [1.54, 1.807) is 0 Å². The molecule has 2 nitrogen and oxygen atoms in total. The van der Waals surface area contributed by atoms with Gasteiger partial charge in [-0.2, -0.15) is 13.2 Å². The van der Waals surface area contributed by atoms with E-state index in [4.69, 9.17) is 11.6 Å². The summed E-state index contributed by atoms with van der Waals surface area (Å²) >= 11 is 5.68. The number of aliphatic hydroxyl groups excluding tert-OH is 1. The van der Waals surface area contributed by atoms with Gasteiger partial charge in [0.15, 0.2) is 0 Å². The lowest BCUT2D eigenvalue weighted by atomic mass is 10.0. The minimum Gasteiger partial charge on any atom is -0.392 e. The van der Waals surface area contributed by atoms with E-state index >= 15 is 0 Å². The van der Waals surface area contributed by atoms with Crippen molar-refractivity contribution in [2.45, 2.75) is 12.8 Å². The Bertz CT molecular complexity index is 599. The van der Waals surface area contributed by atoms with Crippen molar-refractivity contribution in [3.05, 3.63) is 52.8 Å². The van der Waals surface area contributed by atoms with Crippen LogP contribution >= 0.6 is 11.6 Å². The number of aliphatic hydroxyl groups is 1. The minimum absolute atomic E-state index is 0.180. The van der Waals surface area contributed by atoms with Crippen LogP contribution < -0.4 is 0 Å². The van der Waals surface area contributed by atoms with Gasteiger partial charge in [0.1, 0.15) is 5.15 Å². The maximum atomic E-state index is 12.6. The van der Waals surface area contributed by atoms with Crippen LogP contribution in [0.3, 0.4) is 0 Å². The lowest BCUT2D eigenvalue weighted by Crippen LogP contribution is -2.04. The Morgan fingerprint density at radius 2 is 1.95 bits per heavy atom. The first kappa shape index (κ1) is 13.8. The van der Waals surface area contributed by atoms with E-state index in [0.717, 1.165) is 12.1 Å². The molecule has 0 fully saturated rings. The van der Waals surface area contributed by atoms with E-state index in [-0.39, 0.29) is 11.8 Å². The van der Waals surface area contributed by atoms with Crippen LogP contribution in [-0.2, 0) is 12.8 Å². The third kappa shape index (κ3) is 3.05. The zero-order chi connectivity index (χ0) is 14.0. The van der Waals surface area contributed by atoms with Gasteiger partial charge < -0.3 is 5.11 Å². The summed E-state index contributed by atoms with van der Waals surface area (Å²) in [5.74, 6) is 0. The number of pyridine rings is 1. The van der Waals surface area contributed by atoms with Crippen LogP contribution in [0.1, 0.15) is 11.1 Å². The highest BCUT2D eigenvalue weighted by molar-refractivity contribution is 6.29. The maximum Gasteiger partial charge on any atom is 0.416 e. The summed E-state index contributed by atoms with van der Waals surface area (Å²) in [5, 5.41) is 9.41. The van der Waals surface area contributed by atoms with Gasteiger partial charge in [0.05, 0.1) is 12.2 Å². The van der Waals surface area contributed by atoms with Crippen molar-refractivity contribution < 1.29 is 18.3 Å². The van der Waals surface area contributed by atoms with Crippen LogP contribution in [-0.4, -0.2) is 10.1 Å². The number of hydrogen-bond acceptors (Lipinski definition) is 2. The second-order valence-electron chi connectivity index (χ2n) is 3.90. The monoisotopic (exact) mass is 287 g/mol. The summed E-state index contributed by atoms with van der Waals surface area (Å²) < 4.78 is 37.9. The van der Waals surface area contributed by atoms with Crippen molar-refractivity contribution in [1.29, 1.82) is 0 Å². The first-order chi connectivity index (χ1) is 8.91. The molecule has 1 aromatic heterocycles. The fraction of sp³-hybridized carbons (Fsp3) is 0.154. The molecule has 2 aromatic rings. The molecule has 1 heterocycles. The van der Waals surface area contributed by atoms with Crippen molar-refractivity contribution in [1.82, 2.24) is 4.98 Å². The molecule has 0 unspecified atom stereocenters. The summed E-state index contributed by atoms with van der Waals surface area (Å²) in [6, 6.07) is 6.28. The standard InChI is InChI=1S/C13H9ClF3NO/c14-12-5-9(7-19)11(6-18-12)8-2-1-3-10(4-8)13(15,16)17/h1-6,19H,7H2. The van der Waals surface area contributed by atoms with Crippen LogP contribution in [0.2, 0.25) is 5.15 Å². The highest BCUT2D eigenvalue weighted by Gasteiger charge is 2.30. The fourth-order valence-corrected chi connectivity index (χ4v) is 1.90. The lowest BCUT2D eigenvalue weighted by Gasteiger charge is -2.11. The molecule has 0 amide bonds. The van der Waals surface area contributed by atoms with Gasteiger partial charge in [-0.05, 0) is 29.3 Å². The molecule has 1 aromatic carbocycles. The molecule has 0 atom stereocenters. The molecule has 1 N–H and O–H groups in total. The highest BCUT2D eigenvalue weighted by Crippen LogP contribution is 2.33. The van der Waals surface area contributed by atoms with Crippen molar-refractivity contribution in [3.63, 3.8) is 0 Å². The molecule has 0 bridgehead atoms. The Labute approximate surface area is 112 Å². The summed E-state index contributed by atoms with van der Waals surface area (Å²) in [6.45, 7) is -0.326. The maximum absolute atomic E-state index is 12.6. The topological polar surface area (TPSA) is 33.1 Å². The van der Waals surface area contributed by atoms with Crippen molar-refractivity contribution in [3.8, 4) is 11.1 Å². The van der Waals surface area contributed by atoms with Crippen LogP contribution in [0, 0.1) is 0 Å². The Morgan fingerprint density at radius 1 is 1.21 bits per heavy atom. The molecule has 19 heavy (non-hydrogen) atoms. The number of hydrogen-bond donors (Lipinski definition) is 1. The lowest BCUT2D eigenvalue weighted by molar-refractivity contribution is -0.137. The van der Waals surface area contributed by atoms with Crippen LogP contribution in [0.4, 0.5) is 13.2 Å². The predicted octanol–water partition coefficient (Wildman–Crippen LogP) is 3.91. The summed E-state index contributed by atoms with van der Waals surface area (Å²) in [7, 11) is 0. The normalized spacial score (nSPS) is 11.6. The smallest absolute Gasteiger partial charge is 0.392 e. The number of benzene rings is 1. The van der Waals surface area contributed by atoms with Gasteiger partial charge in [-0.1, -0.05) is 23.7 Å². The summed E-state index contributed by atoms with van der Waals surface area (Å²) in [5.41, 5.74) is 0.448. The number of rotatable bonds is 2. The Balaban J connectivity index is 2.53. The highest BCUT2D eigenvalue weighted by atomic mass is 35.5. The van der Waals surface area contributed by atoms with Crippen LogP contribution in [0.15, 0.2) is 36.5 Å². The van der Waals surface area contributed by atoms with Gasteiger partial charge in [-0.3, -0.25) is 0 Å². The van der Waals surface area contributed by atoms with Gasteiger partial charge in [0, 0.05) is 11.8 Å². The second-order valence-corrected chi connectivity index (χ2v) is 4.29. The fourth-order valence-electron chi connectivity index (χ4n) is 1.72. The first-order valence-corrected chi connectivity index (χ1v) is 5.72. The average Bonchev–Trinajstić information content (AvgIpc) is 2.37. The Morgan fingerprint density at radius 3 is 2.58 bits per heavy atom. The number of aromatic nitrogens is 1. The minimum atomic E-state index is -4.41. The predicted molar refractivity (Wildman–Crippen MR) is 65.6 cm³/mol. The summed E-state index contributed by atoms with van der Waals surface area (Å²) in [4.78, 5) is 3.83. The Kier molecular flexibility index (Phi) is 3.78. The van der Waals surface area contributed by atoms with E-state index in [2.05, 4.69) is 4.98 Å². The molecule has 0 aliphatic rings. The third-order valence-corrected chi connectivity index (χ3v) is 2.83. The molecule has 0 spiro atoms. The van der Waals surface area contributed by atoms with E-state index in [1.807, 2.05) is 0 Å². The van der Waals surface area contributed by atoms with E-state index in [0.29, 0.717) is 16.7 Å². The zero-order valence-corrected chi connectivity index (χ0v) is 10.3. The molecular formula is C13H9ClF3NO. The molecule has 6 heteroatoms. The number of nitrogens with zero attached hydrogens (tertiary/aromatic N) is 1. The molecule has 0 aliphatic heterocycles. The summed E-state index contributed by atoms with van der Waals surface area (Å²) in [6.07, 6.45) is -3.06. The van der Waals surface area contributed by atoms with Gasteiger partial charge in [0.25, 0.3) is 0 Å². The first-order valence-electron chi connectivity index (χ1n) is 5.34. The third-order valence-electron chi connectivity index (χ3n) is 2.63.